The van der Waals surface area contributed by atoms with Crippen molar-refractivity contribution in [2.24, 2.45) is 5.92 Å². The van der Waals surface area contributed by atoms with E-state index < -0.39 is 17.3 Å². The van der Waals surface area contributed by atoms with Gasteiger partial charge >= 0.3 is 6.18 Å². The van der Waals surface area contributed by atoms with Gasteiger partial charge in [0.05, 0.1) is 17.4 Å². The summed E-state index contributed by atoms with van der Waals surface area (Å²) in [5.74, 6) is 0.670. The van der Waals surface area contributed by atoms with Crippen molar-refractivity contribution in [2.75, 3.05) is 10.6 Å². The topological polar surface area (TPSA) is 107 Å². The number of hydrogen-bond donors (Lipinski definition) is 3. The number of nitrogens with zero attached hydrogens (tertiary/aromatic N) is 4. The fourth-order valence-corrected chi connectivity index (χ4v) is 3.82. The highest BCUT2D eigenvalue weighted by Crippen LogP contribution is 2.34. The molecule has 1 fully saturated rings. The van der Waals surface area contributed by atoms with Gasteiger partial charge in [0.1, 0.15) is 17.5 Å². The summed E-state index contributed by atoms with van der Waals surface area (Å²) >= 11 is 0. The molecule has 3 rings (SSSR count). The zero-order chi connectivity index (χ0) is 22.6. The van der Waals surface area contributed by atoms with E-state index in [1.807, 2.05) is 19.9 Å². The highest BCUT2D eigenvalue weighted by Gasteiger charge is 2.33. The number of anilines is 2. The number of rotatable bonds is 6. The van der Waals surface area contributed by atoms with Gasteiger partial charge < -0.3 is 15.7 Å². The van der Waals surface area contributed by atoms with Crippen molar-refractivity contribution in [3.05, 3.63) is 41.3 Å². The second kappa shape index (κ2) is 9.06. The van der Waals surface area contributed by atoms with E-state index in [2.05, 4.69) is 25.6 Å². The van der Waals surface area contributed by atoms with E-state index in [0.717, 1.165) is 44.1 Å². The fraction of sp³-hybridized carbons (Fsp3) is 0.524. The molecule has 2 aromatic heterocycles. The third-order valence-corrected chi connectivity index (χ3v) is 5.62. The van der Waals surface area contributed by atoms with Gasteiger partial charge in [-0.3, -0.25) is 4.98 Å². The maximum absolute atomic E-state index is 13.2. The van der Waals surface area contributed by atoms with E-state index in [-0.39, 0.29) is 35.6 Å². The van der Waals surface area contributed by atoms with Crippen molar-refractivity contribution in [3.63, 3.8) is 0 Å². The highest BCUT2D eigenvalue weighted by atomic mass is 19.4. The molecule has 0 amide bonds. The minimum atomic E-state index is -4.49. The summed E-state index contributed by atoms with van der Waals surface area (Å²) in [5.41, 5.74) is -1.27. The third-order valence-electron chi connectivity index (χ3n) is 5.62. The SMILES string of the molecule is CC(C)(O)[C@H]1CC[C@H](Nc2nc(NCc3cnccc3C(F)(F)F)ncc2C#N)CC1. The summed E-state index contributed by atoms with van der Waals surface area (Å²) in [6.07, 6.45) is 2.43. The molecule has 1 aliphatic carbocycles. The van der Waals surface area contributed by atoms with Gasteiger partial charge in [-0.2, -0.15) is 23.4 Å². The molecule has 7 nitrogen and oxygen atoms in total. The normalized spacial score (nSPS) is 19.5. The largest absolute Gasteiger partial charge is 0.416 e. The zero-order valence-electron chi connectivity index (χ0n) is 17.4. The van der Waals surface area contributed by atoms with E-state index in [1.165, 1.54) is 6.20 Å². The summed E-state index contributed by atoms with van der Waals surface area (Å²) in [6.45, 7) is 3.47. The second-order valence-electron chi connectivity index (χ2n) is 8.30. The number of hydrogen-bond acceptors (Lipinski definition) is 7. The van der Waals surface area contributed by atoms with E-state index in [0.29, 0.717) is 5.82 Å². The van der Waals surface area contributed by atoms with Gasteiger partial charge in [0.15, 0.2) is 0 Å². The molecule has 2 aromatic rings. The molecule has 31 heavy (non-hydrogen) atoms. The Morgan fingerprint density at radius 1 is 1.19 bits per heavy atom. The van der Waals surface area contributed by atoms with Gasteiger partial charge in [0.2, 0.25) is 5.95 Å². The van der Waals surface area contributed by atoms with Gasteiger partial charge in [0, 0.05) is 30.5 Å². The lowest BCUT2D eigenvalue weighted by molar-refractivity contribution is -0.138. The molecule has 0 atom stereocenters. The lowest BCUT2D eigenvalue weighted by Crippen LogP contribution is -2.37. The number of aliphatic hydroxyl groups is 1. The number of nitriles is 1. The van der Waals surface area contributed by atoms with Crippen LogP contribution in [0.1, 0.15) is 56.2 Å². The van der Waals surface area contributed by atoms with Crippen molar-refractivity contribution >= 4 is 11.8 Å². The van der Waals surface area contributed by atoms with Crippen LogP contribution in [0.5, 0.6) is 0 Å². The monoisotopic (exact) mass is 434 g/mol. The van der Waals surface area contributed by atoms with Gasteiger partial charge in [-0.15, -0.1) is 0 Å². The van der Waals surface area contributed by atoms with Crippen LogP contribution < -0.4 is 10.6 Å². The smallest absolute Gasteiger partial charge is 0.390 e. The quantitative estimate of drug-likeness (QED) is 0.628. The van der Waals surface area contributed by atoms with Crippen LogP contribution in [-0.4, -0.2) is 31.7 Å². The van der Waals surface area contributed by atoms with Crippen LogP contribution >= 0.6 is 0 Å². The zero-order valence-corrected chi connectivity index (χ0v) is 17.4. The molecule has 0 saturated heterocycles. The first kappa shape index (κ1) is 22.7. The Morgan fingerprint density at radius 3 is 2.52 bits per heavy atom. The molecule has 0 spiro atoms. The van der Waals surface area contributed by atoms with E-state index >= 15 is 0 Å². The van der Waals surface area contributed by atoms with Crippen LogP contribution in [0.15, 0.2) is 24.7 Å². The van der Waals surface area contributed by atoms with Gasteiger partial charge in [-0.25, -0.2) is 4.98 Å². The first-order chi connectivity index (χ1) is 14.6. The molecule has 0 radical (unpaired) electrons. The molecule has 1 aliphatic rings. The predicted molar refractivity (Wildman–Crippen MR) is 109 cm³/mol. The number of halogens is 3. The summed E-state index contributed by atoms with van der Waals surface area (Å²) in [5, 5.41) is 25.6. The van der Waals surface area contributed by atoms with E-state index in [1.54, 1.807) is 0 Å². The molecule has 0 aliphatic heterocycles. The third kappa shape index (κ3) is 5.82. The highest BCUT2D eigenvalue weighted by molar-refractivity contribution is 5.54. The van der Waals surface area contributed by atoms with Crippen LogP contribution in [0.3, 0.4) is 0 Å². The Bertz CT molecular complexity index is 943. The molecule has 10 heteroatoms. The Morgan fingerprint density at radius 2 is 1.90 bits per heavy atom. The number of alkyl halides is 3. The molecule has 0 bridgehead atoms. The van der Waals surface area contributed by atoms with Gasteiger partial charge in [0.25, 0.3) is 0 Å². The predicted octanol–water partition coefficient (Wildman–Crippen LogP) is 4.12. The number of aromatic nitrogens is 3. The van der Waals surface area contributed by atoms with E-state index in [4.69, 9.17) is 0 Å². The lowest BCUT2D eigenvalue weighted by atomic mass is 9.77. The summed E-state index contributed by atoms with van der Waals surface area (Å²) in [7, 11) is 0. The fourth-order valence-electron chi connectivity index (χ4n) is 3.82. The molecular weight excluding hydrogens is 409 g/mol. The molecule has 166 valence electrons. The van der Waals surface area contributed by atoms with Gasteiger partial charge in [-0.1, -0.05) is 0 Å². The summed E-state index contributed by atoms with van der Waals surface area (Å²) in [4.78, 5) is 12.1. The van der Waals surface area contributed by atoms with Crippen LogP contribution in [0, 0.1) is 17.2 Å². The Kier molecular flexibility index (Phi) is 6.65. The molecule has 0 unspecified atom stereocenters. The molecule has 3 N–H and O–H groups in total. The lowest BCUT2D eigenvalue weighted by Gasteiger charge is -2.36. The van der Waals surface area contributed by atoms with Crippen LogP contribution in [0.2, 0.25) is 0 Å². The Hall–Kier alpha value is -2.93. The van der Waals surface area contributed by atoms with Crippen LogP contribution in [0.4, 0.5) is 24.9 Å². The van der Waals surface area contributed by atoms with Gasteiger partial charge in [-0.05, 0) is 51.5 Å². The molecule has 0 aromatic carbocycles. The Labute approximate surface area is 178 Å². The summed E-state index contributed by atoms with van der Waals surface area (Å²) < 4.78 is 39.5. The van der Waals surface area contributed by atoms with Crippen molar-refractivity contribution in [2.45, 2.75) is 63.9 Å². The minimum Gasteiger partial charge on any atom is -0.390 e. The average Bonchev–Trinajstić information content (AvgIpc) is 2.72. The molecule has 2 heterocycles. The van der Waals surface area contributed by atoms with Crippen molar-refractivity contribution in [1.29, 1.82) is 5.26 Å². The molecule has 1 saturated carbocycles. The standard InChI is InChI=1S/C21H25F3N6O/c1-20(2,31)15-3-5-16(6-4-15)29-18-13(9-25)11-27-19(30-18)28-12-14-10-26-8-7-17(14)21(22,23)24/h7-8,10-11,15-16,31H,3-6,12H2,1-2H3,(H2,27,28,29,30)/t15-,16-. The first-order valence-electron chi connectivity index (χ1n) is 10.1. The number of nitrogens with one attached hydrogen (secondary N) is 2. The van der Waals surface area contributed by atoms with Crippen LogP contribution in [0.25, 0.3) is 0 Å². The summed E-state index contributed by atoms with van der Waals surface area (Å²) in [6, 6.07) is 3.05. The van der Waals surface area contributed by atoms with Crippen molar-refractivity contribution in [1.82, 2.24) is 15.0 Å². The van der Waals surface area contributed by atoms with E-state index in [9.17, 15) is 23.5 Å². The van der Waals surface area contributed by atoms with Crippen molar-refractivity contribution < 1.29 is 18.3 Å². The molecular formula is C21H25F3N6O. The Balaban J connectivity index is 1.69. The maximum atomic E-state index is 13.2. The second-order valence-corrected chi connectivity index (χ2v) is 8.30. The average molecular weight is 434 g/mol. The van der Waals surface area contributed by atoms with Crippen molar-refractivity contribution in [3.8, 4) is 6.07 Å². The maximum Gasteiger partial charge on any atom is 0.416 e. The van der Waals surface area contributed by atoms with Crippen LogP contribution in [-0.2, 0) is 12.7 Å². The minimum absolute atomic E-state index is 0.0255. The first-order valence-corrected chi connectivity index (χ1v) is 10.1. The number of pyridine rings is 1.